The molecular weight excluding hydrogens is 448 g/mol. The quantitative estimate of drug-likeness (QED) is 0.570. The first-order valence-electron chi connectivity index (χ1n) is 8.83. The number of carbonyl (C=O) groups excluding carboxylic acids is 2. The van der Waals surface area contributed by atoms with Gasteiger partial charge in [-0.3, -0.25) is 10.1 Å². The van der Waals surface area contributed by atoms with E-state index in [0.717, 1.165) is 4.88 Å². The predicted molar refractivity (Wildman–Crippen MR) is 118 cm³/mol. The zero-order valence-corrected chi connectivity index (χ0v) is 18.8. The maximum absolute atomic E-state index is 12.8. The van der Waals surface area contributed by atoms with E-state index >= 15 is 0 Å². The third-order valence-electron chi connectivity index (χ3n) is 4.12. The summed E-state index contributed by atoms with van der Waals surface area (Å²) < 4.78 is 5.70. The number of carbonyl (C=O) groups is 2. The summed E-state index contributed by atoms with van der Waals surface area (Å²) in [5.74, 6) is 0.00444. The summed E-state index contributed by atoms with van der Waals surface area (Å²) in [6, 6.07) is 4.54. The van der Waals surface area contributed by atoms with Crippen LogP contribution in [0.15, 0.2) is 32.8 Å². The second-order valence-electron chi connectivity index (χ2n) is 6.50. The standard InChI is InChI=1S/C19H19ClN4O4S2/c1-10-6-15(25)28-11(2)16(10)17(26)24(3)8-12-9-29-19(22-12)23-18(27)21-7-13-4-5-14(20)30-13/h4-6,9H,7-8H2,1-3H3,(H2,21,22,23,27). The Hall–Kier alpha value is -2.69. The van der Waals surface area contributed by atoms with Crippen molar-refractivity contribution in [1.29, 1.82) is 0 Å². The largest absolute Gasteiger partial charge is 0.427 e. The van der Waals surface area contributed by atoms with E-state index in [1.807, 2.05) is 6.07 Å². The topological polar surface area (TPSA) is 105 Å². The lowest BCUT2D eigenvalue weighted by Crippen LogP contribution is -2.29. The fourth-order valence-electron chi connectivity index (χ4n) is 2.78. The van der Waals surface area contributed by atoms with Crippen LogP contribution in [0.3, 0.4) is 0 Å². The lowest BCUT2D eigenvalue weighted by molar-refractivity contribution is 0.0778. The van der Waals surface area contributed by atoms with Crippen molar-refractivity contribution in [2.75, 3.05) is 12.4 Å². The van der Waals surface area contributed by atoms with Crippen LogP contribution in [0.25, 0.3) is 0 Å². The highest BCUT2D eigenvalue weighted by Gasteiger charge is 2.20. The summed E-state index contributed by atoms with van der Waals surface area (Å²) in [5, 5.41) is 7.60. The lowest BCUT2D eigenvalue weighted by atomic mass is 10.1. The molecule has 0 aliphatic carbocycles. The van der Waals surface area contributed by atoms with E-state index in [1.165, 1.54) is 33.6 Å². The second kappa shape index (κ2) is 9.41. The van der Waals surface area contributed by atoms with Crippen LogP contribution in [0.5, 0.6) is 0 Å². The Kier molecular flexibility index (Phi) is 6.91. The third-order valence-corrected chi connectivity index (χ3v) is 6.16. The minimum Gasteiger partial charge on any atom is -0.427 e. The normalized spacial score (nSPS) is 10.7. The molecule has 0 bridgehead atoms. The van der Waals surface area contributed by atoms with Crippen molar-refractivity contribution in [3.8, 4) is 0 Å². The first kappa shape index (κ1) is 22.0. The van der Waals surface area contributed by atoms with Gasteiger partial charge in [0.15, 0.2) is 5.13 Å². The van der Waals surface area contributed by atoms with Crippen molar-refractivity contribution in [3.63, 3.8) is 0 Å². The van der Waals surface area contributed by atoms with Gasteiger partial charge in [-0.15, -0.1) is 22.7 Å². The first-order chi connectivity index (χ1) is 14.2. The molecule has 0 atom stereocenters. The number of nitrogens with zero attached hydrogens (tertiary/aromatic N) is 2. The molecule has 11 heteroatoms. The number of thiophene rings is 1. The zero-order chi connectivity index (χ0) is 21.8. The Morgan fingerprint density at radius 3 is 2.73 bits per heavy atom. The average Bonchev–Trinajstić information content (AvgIpc) is 3.27. The van der Waals surface area contributed by atoms with Crippen molar-refractivity contribution in [2.45, 2.75) is 26.9 Å². The number of aryl methyl sites for hydroxylation is 2. The molecule has 3 heterocycles. The van der Waals surface area contributed by atoms with E-state index < -0.39 is 5.63 Å². The van der Waals surface area contributed by atoms with Crippen LogP contribution in [-0.2, 0) is 13.1 Å². The molecule has 30 heavy (non-hydrogen) atoms. The highest BCUT2D eigenvalue weighted by atomic mass is 35.5. The Morgan fingerprint density at radius 1 is 1.30 bits per heavy atom. The molecule has 3 rings (SSSR count). The maximum atomic E-state index is 12.8. The van der Waals surface area contributed by atoms with Gasteiger partial charge in [0, 0.05) is 23.4 Å². The maximum Gasteiger partial charge on any atom is 0.336 e. The SMILES string of the molecule is Cc1cc(=O)oc(C)c1C(=O)N(C)Cc1csc(NC(=O)NCc2ccc(Cl)s2)n1. The van der Waals surface area contributed by atoms with Gasteiger partial charge < -0.3 is 14.6 Å². The molecule has 0 fully saturated rings. The molecule has 0 aliphatic rings. The fraction of sp³-hybridized carbons (Fsp3) is 0.263. The smallest absolute Gasteiger partial charge is 0.336 e. The summed E-state index contributed by atoms with van der Waals surface area (Å²) in [7, 11) is 1.64. The van der Waals surface area contributed by atoms with Crippen LogP contribution in [-0.4, -0.2) is 28.9 Å². The van der Waals surface area contributed by atoms with Crippen molar-refractivity contribution in [3.05, 3.63) is 65.8 Å². The number of urea groups is 1. The molecule has 3 amide bonds. The highest BCUT2D eigenvalue weighted by Crippen LogP contribution is 2.21. The molecule has 158 valence electrons. The van der Waals surface area contributed by atoms with Crippen molar-refractivity contribution in [2.24, 2.45) is 0 Å². The van der Waals surface area contributed by atoms with Crippen molar-refractivity contribution >= 4 is 51.3 Å². The molecule has 0 aliphatic heterocycles. The van der Waals surface area contributed by atoms with Gasteiger partial charge in [-0.05, 0) is 31.5 Å². The van der Waals surface area contributed by atoms with Crippen molar-refractivity contribution in [1.82, 2.24) is 15.2 Å². The average molecular weight is 467 g/mol. The Bertz CT molecular complexity index is 1110. The Morgan fingerprint density at radius 2 is 2.07 bits per heavy atom. The lowest BCUT2D eigenvalue weighted by Gasteiger charge is -2.17. The second-order valence-corrected chi connectivity index (χ2v) is 9.16. The summed E-state index contributed by atoms with van der Waals surface area (Å²) >= 11 is 8.53. The minimum absolute atomic E-state index is 0.240. The summed E-state index contributed by atoms with van der Waals surface area (Å²) in [6.45, 7) is 3.89. The van der Waals surface area contributed by atoms with Gasteiger partial charge in [-0.2, -0.15) is 0 Å². The number of anilines is 1. The van der Waals surface area contributed by atoms with Crippen molar-refractivity contribution < 1.29 is 14.0 Å². The first-order valence-corrected chi connectivity index (χ1v) is 10.9. The molecule has 0 saturated carbocycles. The van der Waals surface area contributed by atoms with Gasteiger partial charge in [-0.25, -0.2) is 14.6 Å². The summed E-state index contributed by atoms with van der Waals surface area (Å²) in [5.41, 5.74) is 1.06. The van der Waals surface area contributed by atoms with Gasteiger partial charge in [0.2, 0.25) is 0 Å². The van der Waals surface area contributed by atoms with Gasteiger partial charge >= 0.3 is 11.7 Å². The fourth-order valence-corrected chi connectivity index (χ4v) is 4.50. The van der Waals surface area contributed by atoms with Gasteiger partial charge in [0.05, 0.1) is 28.7 Å². The number of amides is 3. The number of hydrogen-bond acceptors (Lipinski definition) is 7. The van der Waals surface area contributed by atoms with Gasteiger partial charge in [0.25, 0.3) is 5.91 Å². The molecule has 3 aromatic rings. The van der Waals surface area contributed by atoms with Crippen LogP contribution in [0.1, 0.15) is 32.3 Å². The van der Waals surface area contributed by atoms with E-state index in [9.17, 15) is 14.4 Å². The Balaban J connectivity index is 1.57. The van der Waals surface area contributed by atoms with Crippen LogP contribution in [0.4, 0.5) is 9.93 Å². The van der Waals surface area contributed by atoms with Crippen LogP contribution >= 0.6 is 34.3 Å². The highest BCUT2D eigenvalue weighted by molar-refractivity contribution is 7.16. The Labute approximate surface area is 185 Å². The van der Waals surface area contributed by atoms with Crippen LogP contribution in [0.2, 0.25) is 4.34 Å². The van der Waals surface area contributed by atoms with E-state index in [2.05, 4.69) is 15.6 Å². The number of aromatic nitrogens is 1. The van der Waals surface area contributed by atoms with E-state index in [0.29, 0.717) is 32.8 Å². The van der Waals surface area contributed by atoms with E-state index in [-0.39, 0.29) is 24.2 Å². The number of hydrogen-bond donors (Lipinski definition) is 2. The molecule has 0 saturated heterocycles. The van der Waals surface area contributed by atoms with Gasteiger partial charge in [-0.1, -0.05) is 11.6 Å². The number of rotatable bonds is 6. The molecule has 0 spiro atoms. The van der Waals surface area contributed by atoms with Crippen LogP contribution in [0, 0.1) is 13.8 Å². The zero-order valence-electron chi connectivity index (χ0n) is 16.4. The molecule has 2 N–H and O–H groups in total. The molecule has 0 radical (unpaired) electrons. The summed E-state index contributed by atoms with van der Waals surface area (Å²) in [4.78, 5) is 43.0. The van der Waals surface area contributed by atoms with E-state index in [1.54, 1.807) is 32.3 Å². The monoisotopic (exact) mass is 466 g/mol. The number of thiazole rings is 1. The molecular formula is C19H19ClN4O4S2. The van der Waals surface area contributed by atoms with Gasteiger partial charge in [0.1, 0.15) is 5.76 Å². The molecule has 3 aromatic heterocycles. The molecule has 0 aromatic carbocycles. The molecule has 8 nitrogen and oxygen atoms in total. The third kappa shape index (κ3) is 5.47. The summed E-state index contributed by atoms with van der Waals surface area (Å²) in [6.07, 6.45) is 0. The predicted octanol–water partition coefficient (Wildman–Crippen LogP) is 4.02. The number of halogens is 1. The number of nitrogens with one attached hydrogen (secondary N) is 2. The van der Waals surface area contributed by atoms with Crippen LogP contribution < -0.4 is 16.3 Å². The van der Waals surface area contributed by atoms with E-state index in [4.69, 9.17) is 16.0 Å². The minimum atomic E-state index is -0.486. The molecule has 0 unspecified atom stereocenters.